The minimum absolute atomic E-state index is 0.249. The van der Waals surface area contributed by atoms with E-state index >= 15 is 0 Å². The van der Waals surface area contributed by atoms with Crippen LogP contribution in [0.5, 0.6) is 0 Å². The molecule has 0 aromatic heterocycles. The van der Waals surface area contributed by atoms with Crippen LogP contribution in [0.4, 0.5) is 9.59 Å². The first-order valence-corrected chi connectivity index (χ1v) is 5.51. The lowest BCUT2D eigenvalue weighted by molar-refractivity contribution is -0.144. The van der Waals surface area contributed by atoms with Gasteiger partial charge in [0, 0.05) is 7.05 Å². The summed E-state index contributed by atoms with van der Waals surface area (Å²) >= 11 is 2.77. The Morgan fingerprint density at radius 3 is 2.00 bits per heavy atom. The lowest BCUT2D eigenvalue weighted by Gasteiger charge is -2.34. The Bertz CT molecular complexity index is 484. The van der Waals surface area contributed by atoms with Crippen molar-refractivity contribution in [2.75, 3.05) is 13.6 Å². The first-order chi connectivity index (χ1) is 8.28. The maximum absolute atomic E-state index is 11.7. The fraction of sp³-hybridized carbons (Fsp3) is 0.375. The molecule has 2 aliphatic rings. The van der Waals surface area contributed by atoms with E-state index in [-0.39, 0.29) is 6.54 Å². The molecule has 7 amide bonds. The van der Waals surface area contributed by atoms with Gasteiger partial charge in [0.1, 0.15) is 6.54 Å². The fourth-order valence-electron chi connectivity index (χ4n) is 1.63. The summed E-state index contributed by atoms with van der Waals surface area (Å²) in [5.41, 5.74) is 0. The van der Waals surface area contributed by atoms with Crippen LogP contribution in [0.15, 0.2) is 0 Å². The topological polar surface area (TPSA) is 116 Å². The van der Waals surface area contributed by atoms with Crippen LogP contribution in [0.2, 0.25) is 0 Å². The van der Waals surface area contributed by atoms with Crippen LogP contribution >= 0.6 is 15.9 Å². The average Bonchev–Trinajstić information content (AvgIpc) is 2.50. The Balaban J connectivity index is 2.45. The zero-order valence-corrected chi connectivity index (χ0v) is 10.6. The summed E-state index contributed by atoms with van der Waals surface area (Å²) in [4.78, 5) is 59.3. The molecule has 2 N–H and O–H groups in total. The summed E-state index contributed by atoms with van der Waals surface area (Å²) in [5.74, 6) is -2.90. The van der Waals surface area contributed by atoms with Gasteiger partial charge >= 0.3 is 12.1 Å². The molecule has 0 atom stereocenters. The zero-order chi connectivity index (χ0) is 13.7. The highest BCUT2D eigenvalue weighted by Crippen LogP contribution is 2.30. The first-order valence-electron chi connectivity index (χ1n) is 4.72. The summed E-state index contributed by atoms with van der Waals surface area (Å²) in [7, 11) is 1.35. The molecule has 2 aliphatic heterocycles. The number of halogens is 1. The normalized spacial score (nSPS) is 23.3. The Morgan fingerprint density at radius 2 is 1.61 bits per heavy atom. The van der Waals surface area contributed by atoms with Gasteiger partial charge in [0.05, 0.1) is 0 Å². The third-order valence-corrected chi connectivity index (χ3v) is 3.58. The molecule has 0 aromatic carbocycles. The number of alkyl halides is 1. The highest BCUT2D eigenvalue weighted by molar-refractivity contribution is 9.10. The second-order valence-corrected chi connectivity index (χ2v) is 4.87. The van der Waals surface area contributed by atoms with Crippen LogP contribution < -0.4 is 10.6 Å². The van der Waals surface area contributed by atoms with E-state index in [1.165, 1.54) is 7.05 Å². The Morgan fingerprint density at radius 1 is 1.11 bits per heavy atom. The number of amides is 7. The Kier molecular flexibility index (Phi) is 2.61. The molecular weight excluding hydrogens is 312 g/mol. The van der Waals surface area contributed by atoms with Gasteiger partial charge in [0.25, 0.3) is 22.2 Å². The molecule has 0 unspecified atom stereocenters. The van der Waals surface area contributed by atoms with E-state index in [2.05, 4.69) is 15.9 Å². The van der Waals surface area contributed by atoms with Crippen LogP contribution in [0.1, 0.15) is 0 Å². The van der Waals surface area contributed by atoms with Crippen molar-refractivity contribution in [3.8, 4) is 0 Å². The van der Waals surface area contributed by atoms with E-state index in [1.807, 2.05) is 10.6 Å². The quantitative estimate of drug-likeness (QED) is 0.260. The van der Waals surface area contributed by atoms with E-state index in [1.54, 1.807) is 0 Å². The van der Waals surface area contributed by atoms with Gasteiger partial charge in [-0.25, -0.2) is 14.5 Å². The number of carbonyl (C=O) groups excluding carboxylic acids is 5. The third kappa shape index (κ3) is 1.49. The molecule has 0 saturated carbocycles. The number of nitrogens with one attached hydrogen (secondary N) is 2. The van der Waals surface area contributed by atoms with Crippen molar-refractivity contribution in [3.05, 3.63) is 0 Å². The lowest BCUT2D eigenvalue weighted by atomic mass is 10.2. The van der Waals surface area contributed by atoms with Gasteiger partial charge in [0.15, 0.2) is 0 Å². The van der Waals surface area contributed by atoms with Crippen LogP contribution in [0.3, 0.4) is 0 Å². The predicted molar refractivity (Wildman–Crippen MR) is 58.2 cm³/mol. The summed E-state index contributed by atoms with van der Waals surface area (Å²) < 4.78 is -2.24. The number of nitrogens with zero attached hydrogens (tertiary/aromatic N) is 2. The molecule has 96 valence electrons. The lowest BCUT2D eigenvalue weighted by Crippen LogP contribution is -2.71. The van der Waals surface area contributed by atoms with Crippen LogP contribution in [-0.4, -0.2) is 57.6 Å². The molecule has 0 aliphatic carbocycles. The second-order valence-electron chi connectivity index (χ2n) is 3.73. The molecule has 2 saturated heterocycles. The highest BCUT2D eigenvalue weighted by Gasteiger charge is 2.59. The summed E-state index contributed by atoms with van der Waals surface area (Å²) in [6.07, 6.45) is 0. The van der Waals surface area contributed by atoms with E-state index in [0.717, 1.165) is 4.90 Å². The van der Waals surface area contributed by atoms with E-state index < -0.39 is 34.2 Å². The maximum Gasteiger partial charge on any atom is 0.329 e. The maximum atomic E-state index is 11.7. The molecule has 0 spiro atoms. The number of rotatable bonds is 1. The SMILES string of the molecule is CN1CC(=O)N(C2(Br)C(=O)NC(=O)NC2=O)C1=O. The van der Waals surface area contributed by atoms with Gasteiger partial charge in [0.2, 0.25) is 0 Å². The van der Waals surface area contributed by atoms with Gasteiger partial charge in [-0.05, 0) is 15.9 Å². The molecule has 2 heterocycles. The molecule has 0 radical (unpaired) electrons. The molecular formula is C8H7BrN4O5. The minimum Gasteiger partial charge on any atom is -0.318 e. The van der Waals surface area contributed by atoms with E-state index in [0.29, 0.717) is 4.90 Å². The molecule has 0 bridgehead atoms. The van der Waals surface area contributed by atoms with Gasteiger partial charge in [-0.2, -0.15) is 0 Å². The number of imide groups is 3. The molecule has 2 fully saturated rings. The van der Waals surface area contributed by atoms with Gasteiger partial charge in [-0.3, -0.25) is 25.0 Å². The summed E-state index contributed by atoms with van der Waals surface area (Å²) in [5, 5.41) is 3.62. The van der Waals surface area contributed by atoms with Crippen LogP contribution in [-0.2, 0) is 14.4 Å². The number of urea groups is 2. The van der Waals surface area contributed by atoms with Crippen LogP contribution in [0.25, 0.3) is 0 Å². The molecule has 0 aromatic rings. The zero-order valence-electron chi connectivity index (χ0n) is 9.02. The first kappa shape index (κ1) is 12.5. The standard InChI is InChI=1S/C8H7BrN4O5/c1-12-2-3(14)13(7(12)18)8(9)4(15)10-6(17)11-5(8)16/h2H2,1H3,(H2,10,11,15,16,17). The monoisotopic (exact) mass is 318 g/mol. The molecule has 9 nitrogen and oxygen atoms in total. The van der Waals surface area contributed by atoms with Crippen molar-refractivity contribution < 1.29 is 24.0 Å². The van der Waals surface area contributed by atoms with Crippen molar-refractivity contribution in [3.63, 3.8) is 0 Å². The number of hydrogen-bond donors (Lipinski definition) is 2. The molecule has 10 heteroatoms. The van der Waals surface area contributed by atoms with E-state index in [9.17, 15) is 24.0 Å². The van der Waals surface area contributed by atoms with Crippen molar-refractivity contribution in [2.24, 2.45) is 0 Å². The number of carbonyl (C=O) groups is 5. The number of barbiturate groups is 1. The Hall–Kier alpha value is -1.97. The van der Waals surface area contributed by atoms with Crippen molar-refractivity contribution in [1.29, 1.82) is 0 Å². The largest absolute Gasteiger partial charge is 0.329 e. The average molecular weight is 319 g/mol. The minimum atomic E-state index is -2.24. The highest BCUT2D eigenvalue weighted by atomic mass is 79.9. The summed E-state index contributed by atoms with van der Waals surface area (Å²) in [6.45, 7) is -0.249. The van der Waals surface area contributed by atoms with Crippen molar-refractivity contribution >= 4 is 45.7 Å². The fourth-order valence-corrected chi connectivity index (χ4v) is 2.18. The second kappa shape index (κ2) is 3.77. The Labute approximate surface area is 109 Å². The predicted octanol–water partition coefficient (Wildman–Crippen LogP) is -1.66. The smallest absolute Gasteiger partial charge is 0.318 e. The van der Waals surface area contributed by atoms with E-state index in [4.69, 9.17) is 0 Å². The summed E-state index contributed by atoms with van der Waals surface area (Å²) in [6, 6.07) is -1.82. The third-order valence-electron chi connectivity index (χ3n) is 2.50. The molecule has 18 heavy (non-hydrogen) atoms. The van der Waals surface area contributed by atoms with Crippen LogP contribution in [0, 0.1) is 0 Å². The van der Waals surface area contributed by atoms with Gasteiger partial charge < -0.3 is 4.90 Å². The molecule has 2 rings (SSSR count). The number of likely N-dealkylation sites (N-methyl/N-ethyl adjacent to an activating group) is 1. The van der Waals surface area contributed by atoms with Gasteiger partial charge in [-0.1, -0.05) is 0 Å². The van der Waals surface area contributed by atoms with Gasteiger partial charge in [-0.15, -0.1) is 0 Å². The van der Waals surface area contributed by atoms with Crippen molar-refractivity contribution in [2.45, 2.75) is 4.45 Å². The van der Waals surface area contributed by atoms with Crippen molar-refractivity contribution in [1.82, 2.24) is 20.4 Å². The number of hydrogen-bond acceptors (Lipinski definition) is 5.